The number of amides is 3. The molecular formula is C30H31BrN4O3. The second kappa shape index (κ2) is 11.0. The van der Waals surface area contributed by atoms with Gasteiger partial charge < -0.3 is 20.0 Å². The van der Waals surface area contributed by atoms with Crippen LogP contribution in [0.3, 0.4) is 0 Å². The summed E-state index contributed by atoms with van der Waals surface area (Å²) in [5, 5.41) is 3.03. The lowest BCUT2D eigenvalue weighted by Crippen LogP contribution is -2.57. The lowest BCUT2D eigenvalue weighted by Gasteiger charge is -2.43. The van der Waals surface area contributed by atoms with Gasteiger partial charge in [-0.1, -0.05) is 70.5 Å². The zero-order chi connectivity index (χ0) is 26.7. The van der Waals surface area contributed by atoms with Crippen molar-refractivity contribution in [3.05, 3.63) is 101 Å². The molecular weight excluding hydrogens is 544 g/mol. The van der Waals surface area contributed by atoms with Crippen molar-refractivity contribution in [2.75, 3.05) is 31.2 Å². The van der Waals surface area contributed by atoms with Gasteiger partial charge in [-0.05, 0) is 55.7 Å². The number of hydrogen-bond donors (Lipinski definition) is 1. The molecule has 1 spiro atoms. The smallest absolute Gasteiger partial charge is 0.253 e. The Morgan fingerprint density at radius 3 is 2.26 bits per heavy atom. The highest BCUT2D eigenvalue weighted by Crippen LogP contribution is 2.39. The van der Waals surface area contributed by atoms with Crippen LogP contribution in [0.25, 0.3) is 0 Å². The van der Waals surface area contributed by atoms with Crippen LogP contribution in [-0.4, -0.2) is 59.4 Å². The molecule has 1 unspecified atom stereocenters. The second-order valence-corrected chi connectivity index (χ2v) is 10.9. The van der Waals surface area contributed by atoms with Crippen LogP contribution >= 0.6 is 15.9 Å². The van der Waals surface area contributed by atoms with E-state index in [0.29, 0.717) is 38.2 Å². The van der Waals surface area contributed by atoms with Crippen LogP contribution in [-0.2, 0) is 9.59 Å². The molecule has 2 aliphatic rings. The number of nitrogens with one attached hydrogen (secondary N) is 1. The highest BCUT2D eigenvalue weighted by molar-refractivity contribution is 9.10. The van der Waals surface area contributed by atoms with Gasteiger partial charge in [0.25, 0.3) is 11.8 Å². The molecule has 0 aliphatic carbocycles. The summed E-state index contributed by atoms with van der Waals surface area (Å²) in [5.41, 5.74) is 1.78. The normalized spacial score (nSPS) is 17.5. The Morgan fingerprint density at radius 1 is 0.947 bits per heavy atom. The molecule has 3 aromatic rings. The van der Waals surface area contributed by atoms with Gasteiger partial charge in [0.05, 0.1) is 12.7 Å². The van der Waals surface area contributed by atoms with Crippen LogP contribution in [0.1, 0.15) is 41.7 Å². The van der Waals surface area contributed by atoms with Crippen LogP contribution in [0.2, 0.25) is 0 Å². The Morgan fingerprint density at radius 2 is 1.61 bits per heavy atom. The van der Waals surface area contributed by atoms with E-state index in [1.54, 1.807) is 4.90 Å². The number of para-hydroxylation sites is 1. The summed E-state index contributed by atoms with van der Waals surface area (Å²) in [7, 11) is 0. The third kappa shape index (κ3) is 5.18. The van der Waals surface area contributed by atoms with Gasteiger partial charge in [-0.15, -0.1) is 0 Å². The highest BCUT2D eigenvalue weighted by atomic mass is 79.9. The molecule has 1 N–H and O–H groups in total. The Labute approximate surface area is 231 Å². The van der Waals surface area contributed by atoms with Crippen LogP contribution in [0.5, 0.6) is 0 Å². The van der Waals surface area contributed by atoms with Crippen molar-refractivity contribution in [1.29, 1.82) is 0 Å². The summed E-state index contributed by atoms with van der Waals surface area (Å²) >= 11 is 3.44. The minimum absolute atomic E-state index is 0.0121. The molecule has 2 saturated heterocycles. The average Bonchev–Trinajstić information content (AvgIpc) is 3.20. The first-order valence-corrected chi connectivity index (χ1v) is 13.7. The number of hydrogen-bond acceptors (Lipinski definition) is 4. The summed E-state index contributed by atoms with van der Waals surface area (Å²) < 4.78 is 0.855. The van der Waals surface area contributed by atoms with Gasteiger partial charge in [0.1, 0.15) is 12.1 Å². The van der Waals surface area contributed by atoms with Crippen LogP contribution in [0.4, 0.5) is 5.69 Å². The van der Waals surface area contributed by atoms with E-state index in [2.05, 4.69) is 26.1 Å². The summed E-state index contributed by atoms with van der Waals surface area (Å²) in [6, 6.07) is 26.8. The molecule has 2 fully saturated rings. The van der Waals surface area contributed by atoms with Gasteiger partial charge in [0.2, 0.25) is 5.91 Å². The summed E-state index contributed by atoms with van der Waals surface area (Å²) in [4.78, 5) is 45.7. The first-order chi connectivity index (χ1) is 18.4. The Kier molecular flexibility index (Phi) is 7.51. The lowest BCUT2D eigenvalue weighted by atomic mass is 9.85. The molecule has 0 aromatic heterocycles. The van der Waals surface area contributed by atoms with E-state index in [4.69, 9.17) is 0 Å². The summed E-state index contributed by atoms with van der Waals surface area (Å²) in [5.74, 6) is -0.288. The van der Waals surface area contributed by atoms with E-state index in [9.17, 15) is 14.4 Å². The maximum Gasteiger partial charge on any atom is 0.253 e. The van der Waals surface area contributed by atoms with Gasteiger partial charge >= 0.3 is 0 Å². The van der Waals surface area contributed by atoms with Crippen molar-refractivity contribution < 1.29 is 14.4 Å². The molecule has 0 radical (unpaired) electrons. The highest BCUT2D eigenvalue weighted by Gasteiger charge is 2.54. The molecule has 38 heavy (non-hydrogen) atoms. The number of likely N-dealkylation sites (tertiary alicyclic amines) is 1. The standard InChI is InChI=1S/C30H31BrN4O3/c1-22(23-9-4-2-5-10-23)32-27(36)20-34-21-35(26-13-6-3-7-14-26)30(29(34)38)15-17-33(18-16-30)28(37)24-11-8-12-25(31)19-24/h2-14,19,22H,15-18,20-21H2,1H3,(H,32,36). The van der Waals surface area contributed by atoms with Crippen LogP contribution in [0.15, 0.2) is 89.4 Å². The van der Waals surface area contributed by atoms with Gasteiger partial charge in [-0.2, -0.15) is 0 Å². The minimum Gasteiger partial charge on any atom is -0.348 e. The maximum absolute atomic E-state index is 13.9. The zero-order valence-corrected chi connectivity index (χ0v) is 22.9. The van der Waals surface area contributed by atoms with Crippen LogP contribution < -0.4 is 10.2 Å². The topological polar surface area (TPSA) is 73.0 Å². The monoisotopic (exact) mass is 574 g/mol. The van der Waals surface area contributed by atoms with E-state index < -0.39 is 5.54 Å². The Balaban J connectivity index is 1.32. The third-order valence-corrected chi connectivity index (χ3v) is 8.04. The predicted molar refractivity (Wildman–Crippen MR) is 151 cm³/mol. The molecule has 2 heterocycles. The van der Waals surface area contributed by atoms with Gasteiger partial charge in [-0.25, -0.2) is 0 Å². The second-order valence-electron chi connectivity index (χ2n) is 9.94. The number of carbonyl (C=O) groups excluding carboxylic acids is 3. The molecule has 0 saturated carbocycles. The molecule has 7 nitrogen and oxygen atoms in total. The van der Waals surface area contributed by atoms with Crippen molar-refractivity contribution in [3.63, 3.8) is 0 Å². The van der Waals surface area contributed by atoms with Crippen molar-refractivity contribution >= 4 is 39.3 Å². The fourth-order valence-electron chi connectivity index (χ4n) is 5.49. The Bertz CT molecular complexity index is 1310. The van der Waals surface area contributed by atoms with E-state index in [1.807, 2.05) is 96.8 Å². The molecule has 3 amide bonds. The molecule has 196 valence electrons. The quantitative estimate of drug-likeness (QED) is 0.466. The SMILES string of the molecule is CC(NC(=O)CN1CN(c2ccccc2)C2(CCN(C(=O)c3cccc(Br)c3)CC2)C1=O)c1ccccc1. The first-order valence-electron chi connectivity index (χ1n) is 12.9. The minimum atomic E-state index is -0.791. The summed E-state index contributed by atoms with van der Waals surface area (Å²) in [6.45, 7) is 3.18. The molecule has 5 rings (SSSR count). The third-order valence-electron chi connectivity index (χ3n) is 7.54. The van der Waals surface area contributed by atoms with Crippen molar-refractivity contribution in [3.8, 4) is 0 Å². The number of anilines is 1. The first kappa shape index (κ1) is 26.0. The number of rotatable bonds is 6. The van der Waals surface area contributed by atoms with Crippen LogP contribution in [0, 0.1) is 0 Å². The Hall–Kier alpha value is -3.65. The molecule has 0 bridgehead atoms. The van der Waals surface area contributed by atoms with Crippen molar-refractivity contribution in [1.82, 2.24) is 15.1 Å². The predicted octanol–water partition coefficient (Wildman–Crippen LogP) is 4.61. The lowest BCUT2D eigenvalue weighted by molar-refractivity contribution is -0.137. The van der Waals surface area contributed by atoms with Crippen molar-refractivity contribution in [2.45, 2.75) is 31.3 Å². The number of piperidine rings is 1. The maximum atomic E-state index is 13.9. The largest absolute Gasteiger partial charge is 0.348 e. The zero-order valence-electron chi connectivity index (χ0n) is 21.3. The van der Waals surface area contributed by atoms with Gasteiger partial charge in [0, 0.05) is 28.8 Å². The molecule has 1 atom stereocenters. The fraction of sp³-hybridized carbons (Fsp3) is 0.300. The number of carbonyl (C=O) groups is 3. The van der Waals surface area contributed by atoms with E-state index in [-0.39, 0.29) is 30.3 Å². The van der Waals surface area contributed by atoms with E-state index in [1.165, 1.54) is 0 Å². The van der Waals surface area contributed by atoms with Crippen molar-refractivity contribution in [2.24, 2.45) is 0 Å². The molecule has 2 aliphatic heterocycles. The molecule has 8 heteroatoms. The summed E-state index contributed by atoms with van der Waals surface area (Å²) in [6.07, 6.45) is 0.998. The fourth-order valence-corrected chi connectivity index (χ4v) is 5.89. The van der Waals surface area contributed by atoms with Gasteiger partial charge in [-0.3, -0.25) is 14.4 Å². The molecule has 3 aromatic carbocycles. The van der Waals surface area contributed by atoms with E-state index in [0.717, 1.165) is 15.7 Å². The average molecular weight is 576 g/mol. The number of halogens is 1. The van der Waals surface area contributed by atoms with Gasteiger partial charge in [0.15, 0.2) is 0 Å². The number of benzene rings is 3. The number of nitrogens with zero attached hydrogens (tertiary/aromatic N) is 3. The van der Waals surface area contributed by atoms with E-state index >= 15 is 0 Å².